The molecule has 1 aliphatic rings. The Morgan fingerprint density at radius 2 is 1.00 bits per heavy atom. The summed E-state index contributed by atoms with van der Waals surface area (Å²) < 4.78 is 0. The van der Waals surface area contributed by atoms with Gasteiger partial charge in [-0.1, -0.05) is 60.8 Å². The molecule has 0 saturated heterocycles. The molecule has 0 nitrogen and oxygen atoms in total. The van der Waals surface area contributed by atoms with Crippen LogP contribution >= 0.6 is 0 Å². The van der Waals surface area contributed by atoms with Crippen molar-refractivity contribution in [3.8, 4) is 0 Å². The van der Waals surface area contributed by atoms with E-state index in [2.05, 4.69) is 60.8 Å². The number of hydrogen-bond acceptors (Lipinski definition) is 0. The molecule has 0 atom stereocenters. The highest BCUT2D eigenvalue weighted by Gasteiger charge is 1.77. The highest BCUT2D eigenvalue weighted by atomic mass is 13.8. The Hall–Kier alpha value is -1.30. The van der Waals surface area contributed by atoms with Crippen molar-refractivity contribution in [3.05, 3.63) is 60.8 Å². The summed E-state index contributed by atoms with van der Waals surface area (Å²) in [6, 6.07) is 0. The lowest BCUT2D eigenvalue weighted by molar-refractivity contribution is 1.04. The van der Waals surface area contributed by atoms with Crippen LogP contribution in [0.25, 0.3) is 0 Å². The number of hydrogen-bond donors (Lipinski definition) is 0. The SMILES string of the molecule is C1=CCC/C=C\C/C=C/C/C=C/C=C\1. The Bertz CT molecular complexity index is 262. The van der Waals surface area contributed by atoms with Crippen LogP contribution in [0.1, 0.15) is 25.7 Å². The van der Waals surface area contributed by atoms with Crippen molar-refractivity contribution in [2.45, 2.75) is 25.7 Å². The predicted molar refractivity (Wildman–Crippen MR) is 64.2 cm³/mol. The topological polar surface area (TPSA) is 0 Å². The van der Waals surface area contributed by atoms with Gasteiger partial charge in [0.1, 0.15) is 0 Å². The van der Waals surface area contributed by atoms with Crippen molar-refractivity contribution in [2.75, 3.05) is 0 Å². The molecule has 0 saturated carbocycles. The minimum Gasteiger partial charge on any atom is -0.0879 e. The zero-order valence-corrected chi connectivity index (χ0v) is 8.60. The van der Waals surface area contributed by atoms with E-state index >= 15 is 0 Å². The van der Waals surface area contributed by atoms with Crippen molar-refractivity contribution in [1.29, 1.82) is 0 Å². The molecule has 0 aliphatic heterocycles. The molecule has 1 aliphatic carbocycles. The molecule has 0 fully saturated rings. The molecule has 0 unspecified atom stereocenters. The molecule has 1 rings (SSSR count). The second-order valence-electron chi connectivity index (χ2n) is 3.23. The van der Waals surface area contributed by atoms with E-state index in [1.54, 1.807) is 0 Å². The maximum atomic E-state index is 2.25. The zero-order valence-electron chi connectivity index (χ0n) is 8.60. The third kappa shape index (κ3) is 6.24. The Labute approximate surface area is 87.0 Å². The normalized spacial score (nSPS) is 27.4. The van der Waals surface area contributed by atoms with Gasteiger partial charge in [0.2, 0.25) is 0 Å². The summed E-state index contributed by atoms with van der Waals surface area (Å²) in [5, 5.41) is 0. The van der Waals surface area contributed by atoms with Crippen LogP contribution in [0.15, 0.2) is 60.8 Å². The van der Waals surface area contributed by atoms with Gasteiger partial charge in [0.25, 0.3) is 0 Å². The van der Waals surface area contributed by atoms with Crippen LogP contribution in [0, 0.1) is 0 Å². The van der Waals surface area contributed by atoms with E-state index in [0.717, 1.165) is 25.7 Å². The van der Waals surface area contributed by atoms with E-state index in [9.17, 15) is 0 Å². The first-order chi connectivity index (χ1) is 7.00. The number of allylic oxidation sites excluding steroid dienone is 10. The summed E-state index contributed by atoms with van der Waals surface area (Å²) in [6.45, 7) is 0. The monoisotopic (exact) mass is 186 g/mol. The highest BCUT2D eigenvalue weighted by Crippen LogP contribution is 1.97. The van der Waals surface area contributed by atoms with Crippen molar-refractivity contribution in [2.24, 2.45) is 0 Å². The van der Waals surface area contributed by atoms with E-state index in [1.165, 1.54) is 0 Å². The maximum Gasteiger partial charge on any atom is -0.0166 e. The third-order valence-corrected chi connectivity index (χ3v) is 1.98. The summed E-state index contributed by atoms with van der Waals surface area (Å²) in [5.74, 6) is 0. The molecular formula is C14H18. The van der Waals surface area contributed by atoms with Crippen molar-refractivity contribution >= 4 is 0 Å². The molecule has 0 aromatic carbocycles. The van der Waals surface area contributed by atoms with Gasteiger partial charge in [0.05, 0.1) is 0 Å². The molecule has 0 spiro atoms. The fourth-order valence-electron chi connectivity index (χ4n) is 1.22. The standard InChI is InChI=1S/C14H18/c1-2-4-6-8-10-12-14-13-11-9-7-5-3-1/h1-6,9,11-12,14H,7-8,10,13H2/b2-1-,5-3+,6-4?,11-9+,14-12-. The molecule has 0 aromatic heterocycles. The van der Waals surface area contributed by atoms with Gasteiger partial charge in [-0.3, -0.25) is 0 Å². The Morgan fingerprint density at radius 1 is 0.429 bits per heavy atom. The smallest absolute Gasteiger partial charge is 0.0166 e. The fourth-order valence-corrected chi connectivity index (χ4v) is 1.22. The van der Waals surface area contributed by atoms with Crippen LogP contribution in [0.3, 0.4) is 0 Å². The molecule has 0 heterocycles. The van der Waals surface area contributed by atoms with Gasteiger partial charge in [-0.25, -0.2) is 0 Å². The Balaban J connectivity index is 2.45. The average molecular weight is 186 g/mol. The maximum absolute atomic E-state index is 2.25. The van der Waals surface area contributed by atoms with E-state index in [4.69, 9.17) is 0 Å². The Kier molecular flexibility index (Phi) is 6.39. The predicted octanol–water partition coefficient (Wildman–Crippen LogP) is 4.34. The Morgan fingerprint density at radius 3 is 1.86 bits per heavy atom. The molecule has 0 N–H and O–H groups in total. The summed E-state index contributed by atoms with van der Waals surface area (Å²) in [7, 11) is 0. The largest absolute Gasteiger partial charge is 0.0879 e. The number of rotatable bonds is 0. The summed E-state index contributed by atoms with van der Waals surface area (Å²) in [6.07, 6.45) is 26.0. The van der Waals surface area contributed by atoms with Crippen LogP contribution < -0.4 is 0 Å². The minimum absolute atomic E-state index is 1.03. The molecule has 0 aromatic rings. The zero-order chi connectivity index (χ0) is 9.90. The minimum atomic E-state index is 1.03. The van der Waals surface area contributed by atoms with E-state index < -0.39 is 0 Å². The van der Waals surface area contributed by atoms with Gasteiger partial charge in [-0.05, 0) is 25.7 Å². The third-order valence-electron chi connectivity index (χ3n) is 1.98. The highest BCUT2D eigenvalue weighted by molar-refractivity contribution is 5.12. The lowest BCUT2D eigenvalue weighted by atomic mass is 10.2. The van der Waals surface area contributed by atoms with E-state index in [1.807, 2.05) is 0 Å². The van der Waals surface area contributed by atoms with Gasteiger partial charge in [0.15, 0.2) is 0 Å². The van der Waals surface area contributed by atoms with Gasteiger partial charge in [-0.15, -0.1) is 0 Å². The molecular weight excluding hydrogens is 168 g/mol. The van der Waals surface area contributed by atoms with Crippen molar-refractivity contribution in [3.63, 3.8) is 0 Å². The first kappa shape index (κ1) is 10.8. The lowest BCUT2D eigenvalue weighted by Crippen LogP contribution is -1.66. The van der Waals surface area contributed by atoms with Crippen molar-refractivity contribution < 1.29 is 0 Å². The molecule has 74 valence electrons. The molecule has 14 heavy (non-hydrogen) atoms. The van der Waals surface area contributed by atoms with Crippen LogP contribution in [0.4, 0.5) is 0 Å². The molecule has 0 radical (unpaired) electrons. The van der Waals surface area contributed by atoms with Crippen LogP contribution in [0.5, 0.6) is 0 Å². The first-order valence-electron chi connectivity index (χ1n) is 5.28. The first-order valence-corrected chi connectivity index (χ1v) is 5.28. The van der Waals surface area contributed by atoms with Crippen LogP contribution in [0.2, 0.25) is 0 Å². The summed E-state index contributed by atoms with van der Waals surface area (Å²) in [5.41, 5.74) is 0. The van der Waals surface area contributed by atoms with Crippen LogP contribution in [-0.4, -0.2) is 0 Å². The van der Waals surface area contributed by atoms with E-state index in [-0.39, 0.29) is 0 Å². The fraction of sp³-hybridized carbons (Fsp3) is 0.286. The van der Waals surface area contributed by atoms with E-state index in [0.29, 0.717) is 0 Å². The molecule has 0 amide bonds. The van der Waals surface area contributed by atoms with Gasteiger partial charge < -0.3 is 0 Å². The van der Waals surface area contributed by atoms with Gasteiger partial charge in [-0.2, -0.15) is 0 Å². The average Bonchev–Trinajstić information content (AvgIpc) is 2.22. The van der Waals surface area contributed by atoms with Crippen molar-refractivity contribution in [1.82, 2.24) is 0 Å². The second-order valence-corrected chi connectivity index (χ2v) is 3.23. The van der Waals surface area contributed by atoms with Crippen LogP contribution in [-0.2, 0) is 0 Å². The van der Waals surface area contributed by atoms with Gasteiger partial charge in [0, 0.05) is 0 Å². The molecule has 0 bridgehead atoms. The van der Waals surface area contributed by atoms with Gasteiger partial charge >= 0.3 is 0 Å². The summed E-state index contributed by atoms with van der Waals surface area (Å²) >= 11 is 0. The molecule has 0 heteroatoms. The summed E-state index contributed by atoms with van der Waals surface area (Å²) in [4.78, 5) is 0. The lowest BCUT2D eigenvalue weighted by Gasteiger charge is -1.87. The quantitative estimate of drug-likeness (QED) is 0.494. The second kappa shape index (κ2) is 8.31.